The number of benzene rings is 1. The topological polar surface area (TPSA) is 64.3 Å². The van der Waals surface area contributed by atoms with Gasteiger partial charge in [-0.15, -0.1) is 12.4 Å². The largest absolute Gasteiger partial charge is 0.376 e. The van der Waals surface area contributed by atoms with E-state index in [2.05, 4.69) is 19.2 Å². The zero-order valence-electron chi connectivity index (χ0n) is 13.8. The Morgan fingerprint density at radius 1 is 1.32 bits per heavy atom. The van der Waals surface area contributed by atoms with Crippen molar-refractivity contribution >= 4 is 18.3 Å². The van der Waals surface area contributed by atoms with Crippen molar-refractivity contribution in [2.45, 2.75) is 45.8 Å². The maximum Gasteiger partial charge on any atom is 0.222 e. The molecule has 4 nitrogen and oxygen atoms in total. The summed E-state index contributed by atoms with van der Waals surface area (Å²) >= 11 is 0. The van der Waals surface area contributed by atoms with Crippen molar-refractivity contribution in [1.29, 1.82) is 0 Å². The summed E-state index contributed by atoms with van der Waals surface area (Å²) in [6.07, 6.45) is 1.24. The second kappa shape index (κ2) is 10.6. The first-order valence-electron chi connectivity index (χ1n) is 7.58. The van der Waals surface area contributed by atoms with Crippen molar-refractivity contribution in [2.75, 3.05) is 13.2 Å². The van der Waals surface area contributed by atoms with Crippen molar-refractivity contribution in [1.82, 2.24) is 5.32 Å². The van der Waals surface area contributed by atoms with Gasteiger partial charge in [0.05, 0.1) is 13.2 Å². The third-order valence-electron chi connectivity index (χ3n) is 3.34. The van der Waals surface area contributed by atoms with Gasteiger partial charge in [0.25, 0.3) is 0 Å². The first kappa shape index (κ1) is 20.9. The SMILES string of the molecule is CC(C)CC(C)(CN)NC(=O)CCOCc1ccccc1.Cl. The van der Waals surface area contributed by atoms with Crippen molar-refractivity contribution in [3.8, 4) is 0 Å². The van der Waals surface area contributed by atoms with Crippen LogP contribution in [0.2, 0.25) is 0 Å². The average molecular weight is 329 g/mol. The number of carbonyl (C=O) groups excluding carboxylic acids is 1. The number of hydrogen-bond acceptors (Lipinski definition) is 3. The molecule has 1 atom stereocenters. The molecule has 0 aliphatic heterocycles. The summed E-state index contributed by atoms with van der Waals surface area (Å²) in [5.74, 6) is 0.491. The molecule has 0 radical (unpaired) electrons. The number of nitrogens with two attached hydrogens (primary N) is 1. The molecule has 3 N–H and O–H groups in total. The van der Waals surface area contributed by atoms with E-state index in [-0.39, 0.29) is 23.9 Å². The molecular weight excluding hydrogens is 300 g/mol. The van der Waals surface area contributed by atoms with Gasteiger partial charge < -0.3 is 15.8 Å². The first-order valence-corrected chi connectivity index (χ1v) is 7.58. The van der Waals surface area contributed by atoms with Gasteiger partial charge in [0, 0.05) is 18.5 Å². The Morgan fingerprint density at radius 3 is 2.50 bits per heavy atom. The number of rotatable bonds is 9. The van der Waals surface area contributed by atoms with Crippen LogP contribution in [0, 0.1) is 5.92 Å². The van der Waals surface area contributed by atoms with Gasteiger partial charge in [-0.1, -0.05) is 44.2 Å². The molecule has 0 saturated carbocycles. The van der Waals surface area contributed by atoms with Crippen LogP contribution in [-0.4, -0.2) is 24.6 Å². The Bertz CT molecular complexity index is 426. The minimum Gasteiger partial charge on any atom is -0.376 e. The molecule has 0 fully saturated rings. The van der Waals surface area contributed by atoms with Crippen LogP contribution in [0.15, 0.2) is 30.3 Å². The van der Waals surface area contributed by atoms with Crippen LogP contribution in [0.25, 0.3) is 0 Å². The minimum atomic E-state index is -0.329. The maximum absolute atomic E-state index is 12.0. The van der Waals surface area contributed by atoms with E-state index in [0.29, 0.717) is 32.1 Å². The molecule has 5 heteroatoms. The zero-order valence-corrected chi connectivity index (χ0v) is 14.6. The number of amides is 1. The van der Waals surface area contributed by atoms with Crippen LogP contribution in [0.5, 0.6) is 0 Å². The van der Waals surface area contributed by atoms with Crippen LogP contribution in [0.4, 0.5) is 0 Å². The smallest absolute Gasteiger partial charge is 0.222 e. The summed E-state index contributed by atoms with van der Waals surface area (Å²) in [5.41, 5.74) is 6.58. The van der Waals surface area contributed by atoms with Crippen LogP contribution in [0.1, 0.15) is 39.2 Å². The fourth-order valence-corrected chi connectivity index (χ4v) is 2.41. The Morgan fingerprint density at radius 2 is 1.95 bits per heavy atom. The molecule has 1 rings (SSSR count). The molecule has 1 aromatic carbocycles. The lowest BCUT2D eigenvalue weighted by Crippen LogP contribution is -2.52. The van der Waals surface area contributed by atoms with Gasteiger partial charge in [-0.05, 0) is 24.8 Å². The van der Waals surface area contributed by atoms with Crippen LogP contribution in [-0.2, 0) is 16.1 Å². The Balaban J connectivity index is 0.00000441. The molecule has 0 spiro atoms. The summed E-state index contributed by atoms with van der Waals surface area (Å²) in [6, 6.07) is 9.94. The summed E-state index contributed by atoms with van der Waals surface area (Å²) in [7, 11) is 0. The van der Waals surface area contributed by atoms with Gasteiger partial charge in [-0.2, -0.15) is 0 Å². The van der Waals surface area contributed by atoms with E-state index in [1.165, 1.54) is 0 Å². The molecule has 0 aromatic heterocycles. The molecule has 0 bridgehead atoms. The summed E-state index contributed by atoms with van der Waals surface area (Å²) < 4.78 is 5.53. The number of hydrogen-bond donors (Lipinski definition) is 2. The Labute approximate surface area is 140 Å². The van der Waals surface area contributed by atoms with E-state index in [1.807, 2.05) is 37.3 Å². The molecule has 0 heterocycles. The highest BCUT2D eigenvalue weighted by Gasteiger charge is 2.25. The number of halogens is 1. The zero-order chi connectivity index (χ0) is 15.7. The van der Waals surface area contributed by atoms with Gasteiger partial charge in [0.15, 0.2) is 0 Å². The summed E-state index contributed by atoms with van der Waals surface area (Å²) in [4.78, 5) is 12.0. The molecule has 0 aliphatic carbocycles. The van der Waals surface area contributed by atoms with Gasteiger partial charge in [-0.3, -0.25) is 4.79 Å². The number of ether oxygens (including phenoxy) is 1. The molecule has 0 aliphatic rings. The highest BCUT2D eigenvalue weighted by molar-refractivity contribution is 5.85. The minimum absolute atomic E-state index is 0. The molecule has 1 amide bonds. The molecule has 0 saturated heterocycles. The van der Waals surface area contributed by atoms with Crippen molar-refractivity contribution in [3.05, 3.63) is 35.9 Å². The van der Waals surface area contributed by atoms with Crippen LogP contribution < -0.4 is 11.1 Å². The van der Waals surface area contributed by atoms with Crippen LogP contribution in [0.3, 0.4) is 0 Å². The third-order valence-corrected chi connectivity index (χ3v) is 3.34. The van der Waals surface area contributed by atoms with E-state index in [4.69, 9.17) is 10.5 Å². The van der Waals surface area contributed by atoms with E-state index >= 15 is 0 Å². The monoisotopic (exact) mass is 328 g/mol. The van der Waals surface area contributed by atoms with E-state index in [0.717, 1.165) is 12.0 Å². The molecule has 1 unspecified atom stereocenters. The lowest BCUT2D eigenvalue weighted by Gasteiger charge is -2.31. The molecule has 1 aromatic rings. The molecule has 126 valence electrons. The number of nitrogens with one attached hydrogen (secondary N) is 1. The standard InChI is InChI=1S/C17H28N2O2.ClH/c1-14(2)11-17(3,13-18)19-16(20)9-10-21-12-15-7-5-4-6-8-15;/h4-8,14H,9-13,18H2,1-3H3,(H,19,20);1H. The van der Waals surface area contributed by atoms with Crippen molar-refractivity contribution in [3.63, 3.8) is 0 Å². The average Bonchev–Trinajstić information content (AvgIpc) is 2.44. The quantitative estimate of drug-likeness (QED) is 0.685. The summed E-state index contributed by atoms with van der Waals surface area (Å²) in [6.45, 7) is 7.65. The normalized spacial score (nSPS) is 13.3. The molecular formula is C17H29ClN2O2. The fourth-order valence-electron chi connectivity index (χ4n) is 2.41. The second-order valence-electron chi connectivity index (χ2n) is 6.20. The third kappa shape index (κ3) is 8.37. The second-order valence-corrected chi connectivity index (χ2v) is 6.20. The predicted molar refractivity (Wildman–Crippen MR) is 93.0 cm³/mol. The van der Waals surface area contributed by atoms with E-state index < -0.39 is 0 Å². The predicted octanol–water partition coefficient (Wildman–Crippen LogP) is 2.89. The first-order chi connectivity index (χ1) is 9.95. The van der Waals surface area contributed by atoms with Gasteiger partial charge in [0.2, 0.25) is 5.91 Å². The van der Waals surface area contributed by atoms with Gasteiger partial charge in [-0.25, -0.2) is 0 Å². The fraction of sp³-hybridized carbons (Fsp3) is 0.588. The number of carbonyl (C=O) groups is 1. The maximum atomic E-state index is 12.0. The lowest BCUT2D eigenvalue weighted by molar-refractivity contribution is -0.124. The van der Waals surface area contributed by atoms with E-state index in [1.54, 1.807) is 0 Å². The van der Waals surface area contributed by atoms with Crippen LogP contribution >= 0.6 is 12.4 Å². The Kier molecular flexibility index (Phi) is 10.1. The Hall–Kier alpha value is -1.10. The van der Waals surface area contributed by atoms with Gasteiger partial charge >= 0.3 is 0 Å². The van der Waals surface area contributed by atoms with Crippen molar-refractivity contribution < 1.29 is 9.53 Å². The lowest BCUT2D eigenvalue weighted by atomic mass is 9.90. The van der Waals surface area contributed by atoms with E-state index in [9.17, 15) is 4.79 Å². The summed E-state index contributed by atoms with van der Waals surface area (Å²) in [5, 5.41) is 3.03. The molecule has 22 heavy (non-hydrogen) atoms. The van der Waals surface area contributed by atoms with Crippen molar-refractivity contribution in [2.24, 2.45) is 11.7 Å². The highest BCUT2D eigenvalue weighted by atomic mass is 35.5. The van der Waals surface area contributed by atoms with Gasteiger partial charge in [0.1, 0.15) is 0 Å². The highest BCUT2D eigenvalue weighted by Crippen LogP contribution is 2.15.